The normalized spacial score (nSPS) is 22.1. The molecule has 2 saturated heterocycles. The van der Waals surface area contributed by atoms with Crippen molar-refractivity contribution in [3.8, 4) is 0 Å². The molecule has 2 amide bonds. The monoisotopic (exact) mass is 467 g/mol. The summed E-state index contributed by atoms with van der Waals surface area (Å²) in [4.78, 5) is 44.2. The predicted octanol–water partition coefficient (Wildman–Crippen LogP) is 4.44. The molecule has 3 atom stereocenters. The molecule has 3 aromatic rings. The van der Waals surface area contributed by atoms with Crippen molar-refractivity contribution >= 4 is 40.5 Å². The predicted molar refractivity (Wildman–Crippen MR) is 117 cm³/mol. The molecular weight excluding hydrogens is 453 g/mol. The van der Waals surface area contributed by atoms with Crippen LogP contribution in [0.25, 0.3) is 0 Å². The van der Waals surface area contributed by atoms with Gasteiger partial charge in [-0.05, 0) is 35.9 Å². The van der Waals surface area contributed by atoms with E-state index in [1.165, 1.54) is 35.4 Å². The molecule has 2 fully saturated rings. The largest absolute Gasteiger partial charge is 0.288 e. The zero-order valence-corrected chi connectivity index (χ0v) is 17.6. The van der Waals surface area contributed by atoms with Crippen LogP contribution in [-0.4, -0.2) is 22.8 Å². The molecule has 3 aromatic carbocycles. The molecule has 8 nitrogen and oxygen atoms in total. The van der Waals surface area contributed by atoms with Gasteiger partial charge in [-0.15, -0.1) is 0 Å². The maximum atomic E-state index is 14.4. The van der Waals surface area contributed by atoms with Crippen LogP contribution in [-0.2, 0) is 14.4 Å². The van der Waals surface area contributed by atoms with Gasteiger partial charge in [-0.3, -0.25) is 24.5 Å². The maximum Gasteiger partial charge on any atom is 0.288 e. The van der Waals surface area contributed by atoms with Crippen molar-refractivity contribution < 1.29 is 23.7 Å². The van der Waals surface area contributed by atoms with Crippen molar-refractivity contribution in [2.24, 2.45) is 5.92 Å². The Kier molecular flexibility index (Phi) is 5.07. The van der Waals surface area contributed by atoms with Crippen LogP contribution in [0.15, 0.2) is 72.8 Å². The van der Waals surface area contributed by atoms with Gasteiger partial charge in [0.05, 0.1) is 22.3 Å². The zero-order chi connectivity index (χ0) is 23.3. The molecule has 2 aliphatic rings. The van der Waals surface area contributed by atoms with E-state index in [1.54, 1.807) is 36.4 Å². The first-order chi connectivity index (χ1) is 15.9. The highest BCUT2D eigenvalue weighted by Gasteiger charge is 2.60. The van der Waals surface area contributed by atoms with Gasteiger partial charge in [0.2, 0.25) is 5.91 Å². The van der Waals surface area contributed by atoms with Crippen LogP contribution in [0.4, 0.5) is 21.5 Å². The second-order valence-corrected chi connectivity index (χ2v) is 8.00. The first kappa shape index (κ1) is 21.0. The topological polar surface area (TPSA) is 93.0 Å². The number of halogens is 2. The maximum absolute atomic E-state index is 14.4. The summed E-state index contributed by atoms with van der Waals surface area (Å²) in [7, 11) is 0. The molecule has 0 radical (unpaired) electrons. The minimum atomic E-state index is -1.22. The number of anilines is 2. The number of hydrogen-bond acceptors (Lipinski definition) is 6. The van der Waals surface area contributed by atoms with Gasteiger partial charge < -0.3 is 0 Å². The molecule has 5 rings (SSSR count). The number of imide groups is 1. The van der Waals surface area contributed by atoms with Crippen LogP contribution in [0.5, 0.6) is 0 Å². The number of nitro groups is 1. The average molecular weight is 468 g/mol. The molecule has 0 bridgehead atoms. The van der Waals surface area contributed by atoms with Crippen LogP contribution in [0.2, 0.25) is 5.02 Å². The summed E-state index contributed by atoms with van der Waals surface area (Å²) in [5, 5.41) is 12.8. The molecule has 0 N–H and O–H groups in total. The molecular formula is C23H15ClFN3O5. The van der Waals surface area contributed by atoms with E-state index in [1.807, 2.05) is 0 Å². The van der Waals surface area contributed by atoms with Gasteiger partial charge >= 0.3 is 0 Å². The van der Waals surface area contributed by atoms with Crippen LogP contribution in [0.3, 0.4) is 0 Å². The number of nitrogens with zero attached hydrogens (tertiary/aromatic N) is 3. The smallest absolute Gasteiger partial charge is 0.273 e. The molecule has 0 aromatic heterocycles. The Morgan fingerprint density at radius 3 is 2.36 bits per heavy atom. The zero-order valence-electron chi connectivity index (χ0n) is 16.8. The summed E-state index contributed by atoms with van der Waals surface area (Å²) in [6.45, 7) is 0. The molecule has 2 heterocycles. The number of hydroxylamine groups is 1. The van der Waals surface area contributed by atoms with Crippen molar-refractivity contribution in [3.63, 3.8) is 0 Å². The first-order valence-corrected chi connectivity index (χ1v) is 10.3. The number of carbonyl (C=O) groups excluding carboxylic acids is 2. The highest BCUT2D eigenvalue weighted by molar-refractivity contribution is 6.32. The van der Waals surface area contributed by atoms with E-state index < -0.39 is 40.6 Å². The first-order valence-electron chi connectivity index (χ1n) is 9.95. The highest BCUT2D eigenvalue weighted by Crippen LogP contribution is 2.48. The van der Waals surface area contributed by atoms with Crippen molar-refractivity contribution in [3.05, 3.63) is 99.3 Å². The summed E-state index contributed by atoms with van der Waals surface area (Å²) < 4.78 is 14.4. The van der Waals surface area contributed by atoms with E-state index in [9.17, 15) is 24.1 Å². The van der Waals surface area contributed by atoms with Gasteiger partial charge in [0, 0.05) is 6.07 Å². The Balaban J connectivity index is 1.63. The minimum absolute atomic E-state index is 0.0627. The molecule has 2 aliphatic heterocycles. The second-order valence-electron chi connectivity index (χ2n) is 7.59. The highest BCUT2D eigenvalue weighted by atomic mass is 35.5. The lowest BCUT2D eigenvalue weighted by molar-refractivity contribution is -0.384. The number of nitro benzene ring substituents is 1. The standard InChI is InChI=1S/C23H15ClFN3O5/c24-15-11-10-13(12-18(15)28(31)32)20-19-21(33-27(20)14-6-2-1-3-7-14)23(30)26(22(19)29)17-9-5-4-8-16(17)25/h1-12,19-21H/t19-,20+,21-/m1/s1. The SMILES string of the molecule is O=C1[C@H]2[C@@H](ON(c3ccccc3)[C@H]2c2ccc(Cl)c([N+](=O)[O-])c2)C(=O)N1c1ccccc1F. The van der Waals surface area contributed by atoms with Crippen molar-refractivity contribution in [2.75, 3.05) is 9.96 Å². The average Bonchev–Trinajstić information content (AvgIpc) is 3.31. The van der Waals surface area contributed by atoms with Crippen LogP contribution < -0.4 is 9.96 Å². The fraction of sp³-hybridized carbons (Fsp3) is 0.130. The lowest BCUT2D eigenvalue weighted by Gasteiger charge is -2.28. The van der Waals surface area contributed by atoms with E-state index in [0.29, 0.717) is 11.3 Å². The Morgan fingerprint density at radius 1 is 0.970 bits per heavy atom. The van der Waals surface area contributed by atoms with Crippen molar-refractivity contribution in [2.45, 2.75) is 12.1 Å². The molecule has 0 unspecified atom stereocenters. The molecule has 0 saturated carbocycles. The summed E-state index contributed by atoms with van der Waals surface area (Å²) in [6, 6.07) is 17.5. The number of benzene rings is 3. The number of para-hydroxylation sites is 2. The number of rotatable bonds is 4. The number of hydrogen-bond donors (Lipinski definition) is 0. The van der Waals surface area contributed by atoms with Crippen molar-refractivity contribution in [1.29, 1.82) is 0 Å². The third-order valence-electron chi connectivity index (χ3n) is 5.73. The van der Waals surface area contributed by atoms with E-state index in [2.05, 4.69) is 0 Å². The number of amides is 2. The van der Waals surface area contributed by atoms with Gasteiger partial charge in [0.1, 0.15) is 16.8 Å². The number of fused-ring (bicyclic) bond motifs is 1. The van der Waals surface area contributed by atoms with Gasteiger partial charge in [-0.2, -0.15) is 0 Å². The third-order valence-corrected chi connectivity index (χ3v) is 6.05. The quantitative estimate of drug-likeness (QED) is 0.320. The fourth-order valence-corrected chi connectivity index (χ4v) is 4.46. The third kappa shape index (κ3) is 3.33. The van der Waals surface area contributed by atoms with Crippen LogP contribution >= 0.6 is 11.6 Å². The Labute approximate surface area is 191 Å². The van der Waals surface area contributed by atoms with E-state index >= 15 is 0 Å². The molecule has 0 aliphatic carbocycles. The molecule has 33 heavy (non-hydrogen) atoms. The van der Waals surface area contributed by atoms with E-state index in [4.69, 9.17) is 16.4 Å². The van der Waals surface area contributed by atoms with Gasteiger partial charge in [0.15, 0.2) is 6.10 Å². The van der Waals surface area contributed by atoms with Gasteiger partial charge in [0.25, 0.3) is 11.6 Å². The second kappa shape index (κ2) is 7.95. The Bertz CT molecular complexity index is 1290. The lowest BCUT2D eigenvalue weighted by atomic mass is 9.90. The summed E-state index contributed by atoms with van der Waals surface area (Å²) in [5.74, 6) is -3.14. The lowest BCUT2D eigenvalue weighted by Crippen LogP contribution is -2.37. The van der Waals surface area contributed by atoms with Gasteiger partial charge in [-0.25, -0.2) is 14.4 Å². The minimum Gasteiger partial charge on any atom is -0.273 e. The van der Waals surface area contributed by atoms with Crippen LogP contribution in [0.1, 0.15) is 11.6 Å². The molecule has 10 heteroatoms. The summed E-state index contributed by atoms with van der Waals surface area (Å²) in [5.41, 5.74) is 0.400. The van der Waals surface area contributed by atoms with Crippen molar-refractivity contribution in [1.82, 2.24) is 0 Å². The summed E-state index contributed by atoms with van der Waals surface area (Å²) >= 11 is 5.98. The Morgan fingerprint density at radius 2 is 1.67 bits per heavy atom. The number of carbonyl (C=O) groups is 2. The van der Waals surface area contributed by atoms with Crippen LogP contribution in [0, 0.1) is 21.8 Å². The molecule has 0 spiro atoms. The van der Waals surface area contributed by atoms with E-state index in [-0.39, 0.29) is 16.4 Å². The molecule has 166 valence electrons. The van der Waals surface area contributed by atoms with E-state index in [0.717, 1.165) is 11.0 Å². The fourth-order valence-electron chi connectivity index (χ4n) is 4.28. The Hall–Kier alpha value is -3.82. The summed E-state index contributed by atoms with van der Waals surface area (Å²) in [6.07, 6.45) is -1.22. The van der Waals surface area contributed by atoms with Gasteiger partial charge in [-0.1, -0.05) is 48.0 Å².